The van der Waals surface area contributed by atoms with Crippen LogP contribution in [0.15, 0.2) is 27.3 Å². The van der Waals surface area contributed by atoms with Crippen molar-refractivity contribution < 1.29 is 4.42 Å². The van der Waals surface area contributed by atoms with Crippen molar-refractivity contribution in [2.45, 2.75) is 13.8 Å². The van der Waals surface area contributed by atoms with Crippen molar-refractivity contribution in [3.05, 3.63) is 34.1 Å². The molecular formula is C11H11BrN2O. The van der Waals surface area contributed by atoms with Crippen molar-refractivity contribution >= 4 is 21.6 Å². The molecule has 4 heteroatoms. The molecule has 15 heavy (non-hydrogen) atoms. The molecule has 0 saturated heterocycles. The Kier molecular flexibility index (Phi) is 2.52. The van der Waals surface area contributed by atoms with E-state index >= 15 is 0 Å². The molecule has 1 aromatic heterocycles. The molecule has 0 spiro atoms. The second-order valence-corrected chi connectivity index (χ2v) is 4.38. The molecular weight excluding hydrogens is 256 g/mol. The lowest BCUT2D eigenvalue weighted by Gasteiger charge is -2.05. The minimum absolute atomic E-state index is 0.609. The fourth-order valence-corrected chi connectivity index (χ4v) is 1.88. The fourth-order valence-electron chi connectivity index (χ4n) is 1.40. The zero-order valence-electron chi connectivity index (χ0n) is 8.54. The largest absolute Gasteiger partial charge is 0.444 e. The summed E-state index contributed by atoms with van der Waals surface area (Å²) in [5.74, 6) is 0.609. The van der Waals surface area contributed by atoms with Crippen LogP contribution in [0.1, 0.15) is 11.3 Å². The van der Waals surface area contributed by atoms with Gasteiger partial charge in [0.1, 0.15) is 6.26 Å². The normalized spacial score (nSPS) is 10.6. The Morgan fingerprint density at radius 2 is 2.07 bits per heavy atom. The van der Waals surface area contributed by atoms with Gasteiger partial charge in [-0.05, 0) is 31.5 Å². The van der Waals surface area contributed by atoms with Crippen LogP contribution in [-0.4, -0.2) is 4.98 Å². The number of hydrogen-bond acceptors (Lipinski definition) is 3. The third kappa shape index (κ3) is 1.90. The van der Waals surface area contributed by atoms with E-state index in [0.29, 0.717) is 5.89 Å². The predicted octanol–water partition coefficient (Wildman–Crippen LogP) is 3.30. The quantitative estimate of drug-likeness (QED) is 0.806. The van der Waals surface area contributed by atoms with Gasteiger partial charge >= 0.3 is 0 Å². The first-order valence-electron chi connectivity index (χ1n) is 4.56. The monoisotopic (exact) mass is 266 g/mol. The molecule has 1 aromatic carbocycles. The standard InChI is InChI=1S/C11H11BrN2O/c1-6-5-15-11(14-6)9-3-8(12)4-10(13)7(9)2/h3-5H,13H2,1-2H3. The number of nitrogen functional groups attached to an aromatic ring is 1. The Bertz CT molecular complexity index is 505. The lowest BCUT2D eigenvalue weighted by molar-refractivity contribution is 0.573. The van der Waals surface area contributed by atoms with E-state index in [-0.39, 0.29) is 0 Å². The number of nitrogens with zero attached hydrogens (tertiary/aromatic N) is 1. The van der Waals surface area contributed by atoms with E-state index in [9.17, 15) is 0 Å². The van der Waals surface area contributed by atoms with E-state index in [4.69, 9.17) is 10.2 Å². The lowest BCUT2D eigenvalue weighted by Crippen LogP contribution is -1.93. The summed E-state index contributed by atoms with van der Waals surface area (Å²) in [4.78, 5) is 4.28. The molecule has 0 fully saturated rings. The van der Waals surface area contributed by atoms with Crippen LogP contribution < -0.4 is 5.73 Å². The summed E-state index contributed by atoms with van der Waals surface area (Å²) in [7, 11) is 0. The first-order valence-corrected chi connectivity index (χ1v) is 5.35. The number of halogens is 1. The molecule has 1 heterocycles. The van der Waals surface area contributed by atoms with Crippen molar-refractivity contribution in [3.63, 3.8) is 0 Å². The van der Waals surface area contributed by atoms with Gasteiger partial charge in [0.15, 0.2) is 0 Å². The molecule has 0 aliphatic carbocycles. The van der Waals surface area contributed by atoms with Gasteiger partial charge in [-0.3, -0.25) is 0 Å². The Morgan fingerprint density at radius 1 is 1.33 bits per heavy atom. The van der Waals surface area contributed by atoms with Crippen LogP contribution in [0.3, 0.4) is 0 Å². The number of anilines is 1. The van der Waals surface area contributed by atoms with Crippen LogP contribution in [0.2, 0.25) is 0 Å². The number of aryl methyl sites for hydroxylation is 1. The molecule has 78 valence electrons. The Balaban J connectivity index is 2.62. The molecule has 2 rings (SSSR count). The second kappa shape index (κ2) is 3.70. The molecule has 0 atom stereocenters. The van der Waals surface area contributed by atoms with E-state index in [2.05, 4.69) is 20.9 Å². The van der Waals surface area contributed by atoms with Crippen LogP contribution in [0.4, 0.5) is 5.69 Å². The Hall–Kier alpha value is -1.29. The van der Waals surface area contributed by atoms with Crippen LogP contribution in [0, 0.1) is 13.8 Å². The highest BCUT2D eigenvalue weighted by atomic mass is 79.9. The minimum Gasteiger partial charge on any atom is -0.444 e. The highest BCUT2D eigenvalue weighted by Crippen LogP contribution is 2.30. The highest BCUT2D eigenvalue weighted by molar-refractivity contribution is 9.10. The number of aromatic nitrogens is 1. The second-order valence-electron chi connectivity index (χ2n) is 3.46. The van der Waals surface area contributed by atoms with Crippen molar-refractivity contribution in [2.75, 3.05) is 5.73 Å². The van der Waals surface area contributed by atoms with Gasteiger partial charge in [-0.1, -0.05) is 15.9 Å². The summed E-state index contributed by atoms with van der Waals surface area (Å²) in [5, 5.41) is 0. The van der Waals surface area contributed by atoms with Crippen molar-refractivity contribution in [1.82, 2.24) is 4.98 Å². The maximum absolute atomic E-state index is 5.87. The van der Waals surface area contributed by atoms with Crippen molar-refractivity contribution in [2.24, 2.45) is 0 Å². The smallest absolute Gasteiger partial charge is 0.226 e. The third-order valence-corrected chi connectivity index (χ3v) is 2.72. The molecule has 2 aromatic rings. The zero-order valence-corrected chi connectivity index (χ0v) is 10.1. The van der Waals surface area contributed by atoms with E-state index in [0.717, 1.165) is 27.0 Å². The first-order chi connectivity index (χ1) is 7.08. The summed E-state index contributed by atoms with van der Waals surface area (Å²) in [5.41, 5.74) is 9.37. The lowest BCUT2D eigenvalue weighted by atomic mass is 10.1. The maximum Gasteiger partial charge on any atom is 0.226 e. The molecule has 0 radical (unpaired) electrons. The molecule has 0 aliphatic rings. The summed E-state index contributed by atoms with van der Waals surface area (Å²) in [6.45, 7) is 3.85. The number of hydrogen-bond donors (Lipinski definition) is 1. The molecule has 0 aliphatic heterocycles. The molecule has 0 bridgehead atoms. The van der Waals surface area contributed by atoms with Gasteiger partial charge in [0.25, 0.3) is 0 Å². The van der Waals surface area contributed by atoms with Gasteiger partial charge < -0.3 is 10.2 Å². The maximum atomic E-state index is 5.87. The number of nitrogens with two attached hydrogens (primary N) is 1. The third-order valence-electron chi connectivity index (χ3n) is 2.26. The summed E-state index contributed by atoms with van der Waals surface area (Å²) >= 11 is 3.40. The van der Waals surface area contributed by atoms with Crippen LogP contribution >= 0.6 is 15.9 Å². The van der Waals surface area contributed by atoms with Gasteiger partial charge in [0.05, 0.1) is 5.69 Å². The van der Waals surface area contributed by atoms with Gasteiger partial charge in [-0.15, -0.1) is 0 Å². The number of rotatable bonds is 1. The fraction of sp³-hybridized carbons (Fsp3) is 0.182. The van der Waals surface area contributed by atoms with Gasteiger partial charge in [0.2, 0.25) is 5.89 Å². The zero-order chi connectivity index (χ0) is 11.0. The molecule has 3 nitrogen and oxygen atoms in total. The van der Waals surface area contributed by atoms with E-state index in [1.54, 1.807) is 6.26 Å². The van der Waals surface area contributed by atoms with Gasteiger partial charge in [-0.25, -0.2) is 4.98 Å². The summed E-state index contributed by atoms with van der Waals surface area (Å²) in [6, 6.07) is 3.82. The Labute approximate surface area is 96.4 Å². The Morgan fingerprint density at radius 3 is 2.67 bits per heavy atom. The van der Waals surface area contributed by atoms with Crippen LogP contribution in [0.25, 0.3) is 11.5 Å². The average molecular weight is 267 g/mol. The molecule has 0 saturated carbocycles. The van der Waals surface area contributed by atoms with Crippen LogP contribution in [0.5, 0.6) is 0 Å². The van der Waals surface area contributed by atoms with Gasteiger partial charge in [-0.2, -0.15) is 0 Å². The van der Waals surface area contributed by atoms with Crippen molar-refractivity contribution in [3.8, 4) is 11.5 Å². The van der Waals surface area contributed by atoms with Gasteiger partial charge in [0, 0.05) is 15.7 Å². The average Bonchev–Trinajstić information content (AvgIpc) is 2.58. The number of benzene rings is 1. The predicted molar refractivity (Wildman–Crippen MR) is 63.5 cm³/mol. The summed E-state index contributed by atoms with van der Waals surface area (Å²) in [6.07, 6.45) is 1.63. The van der Waals surface area contributed by atoms with E-state index < -0.39 is 0 Å². The van der Waals surface area contributed by atoms with Crippen molar-refractivity contribution in [1.29, 1.82) is 0 Å². The topological polar surface area (TPSA) is 52.0 Å². The molecule has 2 N–H and O–H groups in total. The van der Waals surface area contributed by atoms with Crippen LogP contribution in [-0.2, 0) is 0 Å². The molecule has 0 amide bonds. The summed E-state index contributed by atoms with van der Waals surface area (Å²) < 4.78 is 6.28. The highest BCUT2D eigenvalue weighted by Gasteiger charge is 2.10. The minimum atomic E-state index is 0.609. The van der Waals surface area contributed by atoms with E-state index in [1.807, 2.05) is 26.0 Å². The molecule has 0 unspecified atom stereocenters. The SMILES string of the molecule is Cc1coc(-c2cc(Br)cc(N)c2C)n1. The number of oxazole rings is 1. The van der Waals surface area contributed by atoms with E-state index in [1.165, 1.54) is 0 Å². The first kappa shape index (κ1) is 10.2.